The SMILES string of the molecule is C[C@](N)(CCS)C(=O)O. The van der Waals surface area contributed by atoms with Crippen molar-refractivity contribution in [3.8, 4) is 0 Å². The van der Waals surface area contributed by atoms with Gasteiger partial charge in [-0.3, -0.25) is 4.79 Å². The normalized spacial score (nSPS) is 16.8. The summed E-state index contributed by atoms with van der Waals surface area (Å²) in [4.78, 5) is 10.3. The molecule has 0 aliphatic heterocycles. The van der Waals surface area contributed by atoms with Crippen LogP contribution in [0, 0.1) is 0 Å². The van der Waals surface area contributed by atoms with Crippen LogP contribution in [0.5, 0.6) is 0 Å². The van der Waals surface area contributed by atoms with Crippen LogP contribution in [-0.2, 0) is 4.79 Å². The van der Waals surface area contributed by atoms with E-state index < -0.39 is 11.5 Å². The van der Waals surface area contributed by atoms with Gasteiger partial charge in [0.2, 0.25) is 0 Å². The molecule has 0 aromatic rings. The van der Waals surface area contributed by atoms with Gasteiger partial charge in [-0.05, 0) is 19.1 Å². The lowest BCUT2D eigenvalue weighted by molar-refractivity contribution is -0.142. The van der Waals surface area contributed by atoms with Crippen LogP contribution < -0.4 is 5.73 Å². The zero-order valence-electron chi connectivity index (χ0n) is 5.29. The maximum atomic E-state index is 10.3. The second kappa shape index (κ2) is 3.08. The van der Waals surface area contributed by atoms with Gasteiger partial charge in [0.15, 0.2) is 0 Å². The van der Waals surface area contributed by atoms with Gasteiger partial charge in [-0.1, -0.05) is 0 Å². The quantitative estimate of drug-likeness (QED) is 0.499. The van der Waals surface area contributed by atoms with Crippen molar-refractivity contribution in [3.63, 3.8) is 0 Å². The minimum Gasteiger partial charge on any atom is -0.480 e. The Morgan fingerprint density at radius 3 is 2.44 bits per heavy atom. The molecule has 0 radical (unpaired) electrons. The Balaban J connectivity index is 3.85. The molecular formula is C5H11NO2S. The molecule has 0 amide bonds. The first-order chi connectivity index (χ1) is 4.00. The fraction of sp³-hybridized carbons (Fsp3) is 0.800. The highest BCUT2D eigenvalue weighted by molar-refractivity contribution is 7.80. The molecule has 0 unspecified atom stereocenters. The van der Waals surface area contributed by atoms with Crippen molar-refractivity contribution in [2.75, 3.05) is 5.75 Å². The average molecular weight is 149 g/mol. The summed E-state index contributed by atoms with van der Waals surface area (Å²) in [6, 6.07) is 0. The van der Waals surface area contributed by atoms with Crippen molar-refractivity contribution in [1.29, 1.82) is 0 Å². The largest absolute Gasteiger partial charge is 0.480 e. The summed E-state index contributed by atoms with van der Waals surface area (Å²) in [5, 5.41) is 8.41. The molecule has 1 atom stereocenters. The van der Waals surface area contributed by atoms with E-state index in [2.05, 4.69) is 12.6 Å². The van der Waals surface area contributed by atoms with Crippen molar-refractivity contribution in [1.82, 2.24) is 0 Å². The lowest BCUT2D eigenvalue weighted by Crippen LogP contribution is -2.45. The molecule has 0 fully saturated rings. The molecule has 0 bridgehead atoms. The van der Waals surface area contributed by atoms with Gasteiger partial charge in [-0.2, -0.15) is 12.6 Å². The predicted molar refractivity (Wildman–Crippen MR) is 38.7 cm³/mol. The van der Waals surface area contributed by atoms with E-state index in [1.54, 1.807) is 0 Å². The smallest absolute Gasteiger partial charge is 0.323 e. The molecule has 9 heavy (non-hydrogen) atoms. The molecule has 3 N–H and O–H groups in total. The van der Waals surface area contributed by atoms with Crippen LogP contribution in [0.4, 0.5) is 0 Å². The summed E-state index contributed by atoms with van der Waals surface area (Å²) >= 11 is 3.87. The lowest BCUT2D eigenvalue weighted by atomic mass is 10.0. The number of thiol groups is 1. The third kappa shape index (κ3) is 2.72. The second-order valence-electron chi connectivity index (χ2n) is 2.20. The first kappa shape index (κ1) is 8.78. The monoisotopic (exact) mass is 149 g/mol. The summed E-state index contributed by atoms with van der Waals surface area (Å²) in [5.41, 5.74) is 4.21. The van der Waals surface area contributed by atoms with Gasteiger partial charge in [0.1, 0.15) is 5.54 Å². The molecule has 0 aliphatic carbocycles. The number of carboxylic acid groups (broad SMARTS) is 1. The van der Waals surface area contributed by atoms with Gasteiger partial charge >= 0.3 is 5.97 Å². The minimum absolute atomic E-state index is 0.394. The molecule has 54 valence electrons. The van der Waals surface area contributed by atoms with E-state index in [0.29, 0.717) is 12.2 Å². The Morgan fingerprint density at radius 2 is 2.33 bits per heavy atom. The lowest BCUT2D eigenvalue weighted by Gasteiger charge is -2.16. The Hall–Kier alpha value is -0.220. The van der Waals surface area contributed by atoms with Gasteiger partial charge in [-0.15, -0.1) is 0 Å². The summed E-state index contributed by atoms with van der Waals surface area (Å²) < 4.78 is 0. The van der Waals surface area contributed by atoms with Crippen molar-refractivity contribution < 1.29 is 9.90 Å². The van der Waals surface area contributed by atoms with E-state index in [1.807, 2.05) is 0 Å². The zero-order chi connectivity index (χ0) is 7.49. The summed E-state index contributed by atoms with van der Waals surface area (Å²) in [6.07, 6.45) is 0.394. The molecule has 0 saturated carbocycles. The molecule has 0 aromatic heterocycles. The molecular weight excluding hydrogens is 138 g/mol. The Labute approximate surface area is 59.6 Å². The van der Waals surface area contributed by atoms with E-state index in [0.717, 1.165) is 0 Å². The highest BCUT2D eigenvalue weighted by Crippen LogP contribution is 2.05. The molecule has 4 heteroatoms. The van der Waals surface area contributed by atoms with Gasteiger partial charge in [-0.25, -0.2) is 0 Å². The topological polar surface area (TPSA) is 63.3 Å². The first-order valence-electron chi connectivity index (χ1n) is 2.64. The van der Waals surface area contributed by atoms with E-state index >= 15 is 0 Å². The van der Waals surface area contributed by atoms with Crippen LogP contribution in [-0.4, -0.2) is 22.4 Å². The van der Waals surface area contributed by atoms with Crippen molar-refractivity contribution in [2.24, 2.45) is 5.73 Å². The third-order valence-electron chi connectivity index (χ3n) is 1.12. The molecule has 0 spiro atoms. The highest BCUT2D eigenvalue weighted by Gasteiger charge is 2.26. The van der Waals surface area contributed by atoms with Gasteiger partial charge in [0.05, 0.1) is 0 Å². The van der Waals surface area contributed by atoms with Crippen LogP contribution in [0.2, 0.25) is 0 Å². The number of hydrogen-bond donors (Lipinski definition) is 3. The second-order valence-corrected chi connectivity index (χ2v) is 2.64. The number of nitrogens with two attached hydrogens (primary N) is 1. The van der Waals surface area contributed by atoms with Crippen LogP contribution in [0.25, 0.3) is 0 Å². The van der Waals surface area contributed by atoms with Crippen LogP contribution >= 0.6 is 12.6 Å². The molecule has 0 aliphatic rings. The number of carbonyl (C=O) groups is 1. The van der Waals surface area contributed by atoms with E-state index in [9.17, 15) is 4.79 Å². The standard InChI is InChI=1S/C5H11NO2S/c1-5(6,2-3-9)4(7)8/h9H,2-3,6H2,1H3,(H,7,8)/t5-/m0/s1. The van der Waals surface area contributed by atoms with E-state index in [-0.39, 0.29) is 0 Å². The maximum absolute atomic E-state index is 10.3. The molecule has 0 heterocycles. The van der Waals surface area contributed by atoms with E-state index in [1.165, 1.54) is 6.92 Å². The third-order valence-corrected chi connectivity index (χ3v) is 1.34. The van der Waals surface area contributed by atoms with Crippen molar-refractivity contribution in [2.45, 2.75) is 18.9 Å². The number of aliphatic carboxylic acids is 1. The van der Waals surface area contributed by atoms with Crippen LogP contribution in [0.3, 0.4) is 0 Å². The number of rotatable bonds is 3. The Morgan fingerprint density at radius 1 is 1.89 bits per heavy atom. The Kier molecular flexibility index (Phi) is 3.00. The summed E-state index contributed by atoms with van der Waals surface area (Å²) in [5.74, 6) is -0.476. The number of hydrogen-bond acceptors (Lipinski definition) is 3. The van der Waals surface area contributed by atoms with Gasteiger partial charge < -0.3 is 10.8 Å². The van der Waals surface area contributed by atoms with Crippen molar-refractivity contribution >= 4 is 18.6 Å². The zero-order valence-corrected chi connectivity index (χ0v) is 6.19. The summed E-state index contributed by atoms with van der Waals surface area (Å²) in [6.45, 7) is 1.48. The van der Waals surface area contributed by atoms with E-state index in [4.69, 9.17) is 10.8 Å². The van der Waals surface area contributed by atoms with Gasteiger partial charge in [0, 0.05) is 0 Å². The van der Waals surface area contributed by atoms with Crippen LogP contribution in [0.1, 0.15) is 13.3 Å². The fourth-order valence-corrected chi connectivity index (χ4v) is 0.804. The predicted octanol–water partition coefficient (Wildman–Crippen LogP) is 0.108. The fourth-order valence-electron chi connectivity index (χ4n) is 0.339. The number of carboxylic acids is 1. The highest BCUT2D eigenvalue weighted by atomic mass is 32.1. The van der Waals surface area contributed by atoms with Crippen molar-refractivity contribution in [3.05, 3.63) is 0 Å². The average Bonchev–Trinajstić information content (AvgIpc) is 1.65. The molecule has 3 nitrogen and oxygen atoms in total. The molecule has 0 rings (SSSR count). The summed E-state index contributed by atoms with van der Waals surface area (Å²) in [7, 11) is 0. The van der Waals surface area contributed by atoms with Crippen LogP contribution in [0.15, 0.2) is 0 Å². The molecule has 0 aromatic carbocycles. The maximum Gasteiger partial charge on any atom is 0.323 e. The minimum atomic E-state index is -1.11. The molecule has 0 saturated heterocycles. The van der Waals surface area contributed by atoms with Gasteiger partial charge in [0.25, 0.3) is 0 Å². The Bertz CT molecular complexity index is 114. The first-order valence-corrected chi connectivity index (χ1v) is 3.27.